The molecule has 0 aliphatic carbocycles. The lowest BCUT2D eigenvalue weighted by Gasteiger charge is -2.26. The van der Waals surface area contributed by atoms with E-state index < -0.39 is 0 Å². The number of hydrogen-bond acceptors (Lipinski definition) is 3. The van der Waals surface area contributed by atoms with E-state index in [1.807, 2.05) is 12.1 Å². The second-order valence-electron chi connectivity index (χ2n) is 5.25. The Morgan fingerprint density at radius 2 is 2.33 bits per heavy atom. The zero-order chi connectivity index (χ0) is 13.0. The lowest BCUT2D eigenvalue weighted by Crippen LogP contribution is -2.26. The second-order valence-corrected chi connectivity index (χ2v) is 5.25. The summed E-state index contributed by atoms with van der Waals surface area (Å²) in [6.07, 6.45) is 4.04. The monoisotopic (exact) mass is 248 g/mol. The van der Waals surface area contributed by atoms with Crippen molar-refractivity contribution >= 4 is 5.69 Å². The minimum atomic E-state index is 0.398. The highest BCUT2D eigenvalue weighted by Gasteiger charge is 2.18. The summed E-state index contributed by atoms with van der Waals surface area (Å²) >= 11 is 0. The van der Waals surface area contributed by atoms with Gasteiger partial charge in [-0.3, -0.25) is 4.90 Å². The first-order valence-corrected chi connectivity index (χ1v) is 6.84. The van der Waals surface area contributed by atoms with Gasteiger partial charge in [0.2, 0.25) is 0 Å². The molecule has 1 aromatic rings. The average molecular weight is 248 g/mol. The van der Waals surface area contributed by atoms with Crippen molar-refractivity contribution in [1.82, 2.24) is 4.90 Å². The Bertz CT molecular complexity index is 375. The molecule has 0 radical (unpaired) electrons. The lowest BCUT2D eigenvalue weighted by atomic mass is 10.1. The Hall–Kier alpha value is -1.06. The van der Waals surface area contributed by atoms with Crippen molar-refractivity contribution < 1.29 is 4.74 Å². The standard InChI is InChI=1S/C15H24N2O/c1-12(13-5-3-6-14(16)11-13)17(2)9-8-15-7-4-10-18-15/h3,5-6,11-12,15H,4,7-10,16H2,1-2H3. The van der Waals surface area contributed by atoms with E-state index in [1.54, 1.807) is 0 Å². The quantitative estimate of drug-likeness (QED) is 0.814. The predicted molar refractivity (Wildman–Crippen MR) is 75.5 cm³/mol. The number of nitrogen functional groups attached to an aromatic ring is 1. The van der Waals surface area contributed by atoms with Crippen LogP contribution >= 0.6 is 0 Å². The molecule has 1 aromatic carbocycles. The van der Waals surface area contributed by atoms with Crippen LogP contribution in [0.25, 0.3) is 0 Å². The third-order valence-electron chi connectivity index (χ3n) is 3.88. The Morgan fingerprint density at radius 1 is 1.50 bits per heavy atom. The molecule has 1 saturated heterocycles. The van der Waals surface area contributed by atoms with Crippen molar-refractivity contribution in [2.45, 2.75) is 38.3 Å². The Labute approximate surface area is 110 Å². The third-order valence-corrected chi connectivity index (χ3v) is 3.88. The predicted octanol–water partition coefficient (Wildman–Crippen LogP) is 2.83. The number of nitrogens with two attached hydrogens (primary N) is 1. The van der Waals surface area contributed by atoms with Crippen molar-refractivity contribution in [2.24, 2.45) is 0 Å². The minimum Gasteiger partial charge on any atom is -0.399 e. The highest BCUT2D eigenvalue weighted by atomic mass is 16.5. The van der Waals surface area contributed by atoms with Crippen molar-refractivity contribution in [3.8, 4) is 0 Å². The van der Waals surface area contributed by atoms with Gasteiger partial charge in [0.15, 0.2) is 0 Å². The van der Waals surface area contributed by atoms with Gasteiger partial charge in [0, 0.05) is 24.9 Å². The molecule has 3 heteroatoms. The van der Waals surface area contributed by atoms with E-state index in [-0.39, 0.29) is 0 Å². The molecule has 2 rings (SSSR count). The Balaban J connectivity index is 1.85. The first-order chi connectivity index (χ1) is 8.66. The van der Waals surface area contributed by atoms with Crippen LogP contribution in [0.3, 0.4) is 0 Å². The number of hydrogen-bond donors (Lipinski definition) is 1. The van der Waals surface area contributed by atoms with Crippen LogP contribution in [-0.4, -0.2) is 31.2 Å². The molecule has 0 saturated carbocycles. The van der Waals surface area contributed by atoms with Crippen LogP contribution in [0.15, 0.2) is 24.3 Å². The van der Waals surface area contributed by atoms with Gasteiger partial charge in [-0.2, -0.15) is 0 Å². The van der Waals surface area contributed by atoms with E-state index in [2.05, 4.69) is 31.0 Å². The fourth-order valence-corrected chi connectivity index (χ4v) is 2.49. The highest BCUT2D eigenvalue weighted by molar-refractivity contribution is 5.41. The highest BCUT2D eigenvalue weighted by Crippen LogP contribution is 2.22. The molecule has 2 unspecified atom stereocenters. The first kappa shape index (κ1) is 13.4. The summed E-state index contributed by atoms with van der Waals surface area (Å²) in [7, 11) is 2.17. The van der Waals surface area contributed by atoms with Gasteiger partial charge < -0.3 is 10.5 Å². The van der Waals surface area contributed by atoms with Crippen LogP contribution in [0, 0.1) is 0 Å². The number of anilines is 1. The van der Waals surface area contributed by atoms with Gasteiger partial charge in [0.05, 0.1) is 6.10 Å². The van der Waals surface area contributed by atoms with Crippen LogP contribution in [0.1, 0.15) is 37.8 Å². The van der Waals surface area contributed by atoms with Crippen LogP contribution < -0.4 is 5.73 Å². The summed E-state index contributed by atoms with van der Waals surface area (Å²) in [5.41, 5.74) is 7.95. The molecule has 2 N–H and O–H groups in total. The summed E-state index contributed by atoms with van der Waals surface area (Å²) in [5, 5.41) is 0. The number of rotatable bonds is 5. The van der Waals surface area contributed by atoms with Gasteiger partial charge >= 0.3 is 0 Å². The number of benzene rings is 1. The molecule has 18 heavy (non-hydrogen) atoms. The second kappa shape index (κ2) is 6.21. The minimum absolute atomic E-state index is 0.398. The zero-order valence-electron chi connectivity index (χ0n) is 11.4. The third kappa shape index (κ3) is 3.47. The summed E-state index contributed by atoms with van der Waals surface area (Å²) in [6.45, 7) is 4.24. The fraction of sp³-hybridized carbons (Fsp3) is 0.600. The molecule has 1 aliphatic rings. The number of nitrogens with zero attached hydrogens (tertiary/aromatic N) is 1. The van der Waals surface area contributed by atoms with Crippen molar-refractivity contribution in [1.29, 1.82) is 0 Å². The Morgan fingerprint density at radius 3 is 3.00 bits per heavy atom. The maximum Gasteiger partial charge on any atom is 0.0588 e. The van der Waals surface area contributed by atoms with Gasteiger partial charge in [-0.05, 0) is 50.9 Å². The number of ether oxygens (including phenoxy) is 1. The normalized spacial score (nSPS) is 21.4. The van der Waals surface area contributed by atoms with E-state index in [0.717, 1.165) is 25.3 Å². The molecule has 1 aliphatic heterocycles. The first-order valence-electron chi connectivity index (χ1n) is 6.84. The maximum absolute atomic E-state index is 5.83. The molecule has 1 heterocycles. The average Bonchev–Trinajstić information content (AvgIpc) is 2.88. The van der Waals surface area contributed by atoms with Gasteiger partial charge in [-0.25, -0.2) is 0 Å². The summed E-state index contributed by atoms with van der Waals surface area (Å²) in [4.78, 5) is 2.37. The molecular weight excluding hydrogens is 224 g/mol. The van der Waals surface area contributed by atoms with Gasteiger partial charge in [0.25, 0.3) is 0 Å². The summed E-state index contributed by atoms with van der Waals surface area (Å²) in [5.74, 6) is 0. The molecule has 0 spiro atoms. The van der Waals surface area contributed by atoms with E-state index in [9.17, 15) is 0 Å². The Kier molecular flexibility index (Phi) is 4.61. The fourth-order valence-electron chi connectivity index (χ4n) is 2.49. The van der Waals surface area contributed by atoms with Gasteiger partial charge in [0.1, 0.15) is 0 Å². The summed E-state index contributed by atoms with van der Waals surface area (Å²) in [6, 6.07) is 8.56. The topological polar surface area (TPSA) is 38.5 Å². The van der Waals surface area contributed by atoms with E-state index in [1.165, 1.54) is 18.4 Å². The van der Waals surface area contributed by atoms with Gasteiger partial charge in [-0.15, -0.1) is 0 Å². The molecule has 1 fully saturated rings. The van der Waals surface area contributed by atoms with E-state index in [0.29, 0.717) is 12.1 Å². The molecule has 2 atom stereocenters. The molecule has 0 amide bonds. The van der Waals surface area contributed by atoms with Crippen LogP contribution in [0.4, 0.5) is 5.69 Å². The maximum atomic E-state index is 5.83. The van der Waals surface area contributed by atoms with E-state index >= 15 is 0 Å². The molecule has 100 valence electrons. The van der Waals surface area contributed by atoms with Crippen molar-refractivity contribution in [3.63, 3.8) is 0 Å². The smallest absolute Gasteiger partial charge is 0.0588 e. The lowest BCUT2D eigenvalue weighted by molar-refractivity contribution is 0.0907. The molecule has 0 aromatic heterocycles. The van der Waals surface area contributed by atoms with Crippen molar-refractivity contribution in [3.05, 3.63) is 29.8 Å². The zero-order valence-corrected chi connectivity index (χ0v) is 11.4. The molecule has 0 bridgehead atoms. The summed E-state index contributed by atoms with van der Waals surface area (Å²) < 4.78 is 5.66. The molecular formula is C15H24N2O. The van der Waals surface area contributed by atoms with Crippen LogP contribution in [0.2, 0.25) is 0 Å². The SMILES string of the molecule is CC(c1cccc(N)c1)N(C)CCC1CCCO1. The van der Waals surface area contributed by atoms with Crippen LogP contribution in [0.5, 0.6) is 0 Å². The van der Waals surface area contributed by atoms with Gasteiger partial charge in [-0.1, -0.05) is 12.1 Å². The van der Waals surface area contributed by atoms with Crippen molar-refractivity contribution in [2.75, 3.05) is 25.9 Å². The van der Waals surface area contributed by atoms with Crippen LogP contribution in [-0.2, 0) is 4.74 Å². The molecule has 3 nitrogen and oxygen atoms in total. The largest absolute Gasteiger partial charge is 0.399 e. The van der Waals surface area contributed by atoms with E-state index in [4.69, 9.17) is 10.5 Å².